The van der Waals surface area contributed by atoms with Crippen LogP contribution in [0, 0.1) is 6.07 Å². The van der Waals surface area contributed by atoms with Crippen molar-refractivity contribution in [3.8, 4) is 39.3 Å². The van der Waals surface area contributed by atoms with Gasteiger partial charge in [0.25, 0.3) is 0 Å². The quantitative estimate of drug-likeness (QED) is 0.230. The summed E-state index contributed by atoms with van der Waals surface area (Å²) in [5.41, 5.74) is 8.26. The van der Waals surface area contributed by atoms with E-state index in [1.165, 1.54) is 0 Å². The zero-order valence-electron chi connectivity index (χ0n) is 18.4. The predicted octanol–water partition coefficient (Wildman–Crippen LogP) is 5.95. The van der Waals surface area contributed by atoms with E-state index in [9.17, 15) is 0 Å². The normalized spacial score (nSPS) is 10.9. The van der Waals surface area contributed by atoms with Gasteiger partial charge in [0.1, 0.15) is 6.33 Å². The summed E-state index contributed by atoms with van der Waals surface area (Å²) in [5.74, 6) is 0.727. The Labute approximate surface area is 211 Å². The number of imidazole rings is 1. The molecule has 167 valence electrons. The summed E-state index contributed by atoms with van der Waals surface area (Å²) in [5, 5.41) is 8.87. The number of fused-ring (bicyclic) bond motifs is 1. The second kappa shape index (κ2) is 9.18. The second-order valence-electron chi connectivity index (χ2n) is 7.90. The molecule has 2 aromatic heterocycles. The van der Waals surface area contributed by atoms with Crippen LogP contribution < -0.4 is 0 Å². The van der Waals surface area contributed by atoms with Gasteiger partial charge in [-0.2, -0.15) is 5.10 Å². The molecule has 0 unspecified atom stereocenters. The Morgan fingerprint density at radius 3 is 2.03 bits per heavy atom. The number of hydrogen-bond acceptors (Lipinski definition) is 3. The molecular weight excluding hydrogens is 599 g/mol. The first-order valence-electron chi connectivity index (χ1n) is 10.8. The largest absolute Gasteiger partial charge is 0.373 e. The second-order valence-corrected chi connectivity index (χ2v) is 7.90. The van der Waals surface area contributed by atoms with Crippen LogP contribution in [0.3, 0.4) is 0 Å². The van der Waals surface area contributed by atoms with Crippen LogP contribution in [0.2, 0.25) is 0 Å². The number of aryl methyl sites for hydroxylation is 1. The molecule has 0 N–H and O–H groups in total. The van der Waals surface area contributed by atoms with Crippen LogP contribution in [-0.2, 0) is 27.2 Å². The molecule has 6 heteroatoms. The average Bonchev–Trinajstić information content (AvgIpc) is 3.52. The van der Waals surface area contributed by atoms with Crippen LogP contribution in [0.1, 0.15) is 0 Å². The van der Waals surface area contributed by atoms with Gasteiger partial charge in [-0.1, -0.05) is 84.4 Å². The maximum atomic E-state index is 4.54. The number of benzene rings is 4. The predicted molar refractivity (Wildman–Crippen MR) is 131 cm³/mol. The van der Waals surface area contributed by atoms with Gasteiger partial charge in [0.15, 0.2) is 0 Å². The van der Waals surface area contributed by atoms with E-state index >= 15 is 0 Å². The summed E-state index contributed by atoms with van der Waals surface area (Å²) in [6, 6.07) is 34.5. The topological polar surface area (TPSA) is 48.5 Å². The Kier molecular flexibility index (Phi) is 5.93. The Morgan fingerprint density at radius 1 is 0.735 bits per heavy atom. The summed E-state index contributed by atoms with van der Waals surface area (Å²) in [4.78, 5) is 4.51. The molecule has 0 saturated carbocycles. The molecule has 0 fully saturated rings. The van der Waals surface area contributed by atoms with E-state index in [2.05, 4.69) is 92.5 Å². The van der Waals surface area contributed by atoms with Crippen molar-refractivity contribution in [2.24, 2.45) is 7.05 Å². The molecule has 0 aliphatic heterocycles. The van der Waals surface area contributed by atoms with E-state index in [0.29, 0.717) is 0 Å². The van der Waals surface area contributed by atoms with E-state index in [1.807, 2.05) is 42.2 Å². The van der Waals surface area contributed by atoms with Crippen molar-refractivity contribution >= 4 is 11.0 Å². The van der Waals surface area contributed by atoms with Gasteiger partial charge in [0.2, 0.25) is 0 Å². The molecule has 2 heterocycles. The fraction of sp³-hybridized carbons (Fsp3) is 0.0357. The Balaban J connectivity index is 0.00000241. The van der Waals surface area contributed by atoms with Crippen LogP contribution >= 0.6 is 0 Å². The molecule has 0 spiro atoms. The minimum Gasteiger partial charge on any atom is -0.373 e. The van der Waals surface area contributed by atoms with E-state index in [-0.39, 0.29) is 20.1 Å². The van der Waals surface area contributed by atoms with E-state index < -0.39 is 0 Å². The minimum atomic E-state index is 0. The van der Waals surface area contributed by atoms with Gasteiger partial charge in [-0.15, -0.1) is 23.3 Å². The monoisotopic (exact) mass is 619 g/mol. The van der Waals surface area contributed by atoms with E-state index in [1.54, 1.807) is 6.33 Å². The molecule has 5 nitrogen and oxygen atoms in total. The molecule has 4 aromatic carbocycles. The summed E-state index contributed by atoms with van der Waals surface area (Å²) in [7, 11) is 1.99. The maximum Gasteiger partial charge on any atom is 0.115 e. The maximum absolute atomic E-state index is 4.54. The van der Waals surface area contributed by atoms with Crippen LogP contribution in [0.4, 0.5) is 0 Å². The van der Waals surface area contributed by atoms with E-state index in [4.69, 9.17) is 0 Å². The SMILES string of the molecule is Cn1cnc2cc[c-]c(-c3nncn3-c3c(-c4ccccc4)cccc3-c3ccccc3)c21.[Ir]. The molecular formula is C28H20IrN5-. The Morgan fingerprint density at radius 2 is 1.38 bits per heavy atom. The van der Waals surface area contributed by atoms with Crippen molar-refractivity contribution in [2.45, 2.75) is 0 Å². The molecule has 0 amide bonds. The van der Waals surface area contributed by atoms with Crippen molar-refractivity contribution in [1.82, 2.24) is 24.3 Å². The number of para-hydroxylation sites is 1. The van der Waals surface area contributed by atoms with Crippen LogP contribution in [0.25, 0.3) is 50.4 Å². The van der Waals surface area contributed by atoms with Crippen molar-refractivity contribution < 1.29 is 20.1 Å². The van der Waals surface area contributed by atoms with Crippen LogP contribution in [0.15, 0.2) is 104 Å². The first-order chi connectivity index (χ1) is 16.3. The molecule has 6 aromatic rings. The number of hydrogen-bond donors (Lipinski definition) is 0. The summed E-state index contributed by atoms with van der Waals surface area (Å²) >= 11 is 0. The number of aromatic nitrogens is 5. The molecule has 34 heavy (non-hydrogen) atoms. The molecule has 0 bridgehead atoms. The van der Waals surface area contributed by atoms with Crippen molar-refractivity contribution in [2.75, 3.05) is 0 Å². The van der Waals surface area contributed by atoms with Gasteiger partial charge in [-0.05, 0) is 16.6 Å². The van der Waals surface area contributed by atoms with Crippen LogP contribution in [0.5, 0.6) is 0 Å². The third kappa shape index (κ3) is 3.67. The number of rotatable bonds is 4. The molecule has 1 radical (unpaired) electrons. The minimum absolute atomic E-state index is 0. The van der Waals surface area contributed by atoms with Crippen molar-refractivity contribution in [3.63, 3.8) is 0 Å². The molecule has 0 aliphatic rings. The Bertz CT molecular complexity index is 1510. The third-order valence-electron chi connectivity index (χ3n) is 5.89. The summed E-state index contributed by atoms with van der Waals surface area (Å²) in [6.45, 7) is 0. The smallest absolute Gasteiger partial charge is 0.115 e. The zero-order valence-corrected chi connectivity index (χ0v) is 20.8. The molecule has 0 aliphatic carbocycles. The standard InChI is InChI=1S/C28H20N5.Ir/c1-32-18-29-25-17-9-16-24(27(25)32)28-31-30-19-33(28)26-22(20-10-4-2-5-11-20)14-8-15-23(26)21-12-6-3-7-13-21;/h2-15,17-19H,1H3;/q-1;. The summed E-state index contributed by atoms with van der Waals surface area (Å²) in [6.07, 6.45) is 3.60. The number of nitrogens with zero attached hydrogens (tertiary/aromatic N) is 5. The van der Waals surface area contributed by atoms with Gasteiger partial charge in [-0.3, -0.25) is 4.98 Å². The van der Waals surface area contributed by atoms with Crippen molar-refractivity contribution in [1.29, 1.82) is 0 Å². The first-order valence-corrected chi connectivity index (χ1v) is 10.8. The zero-order chi connectivity index (χ0) is 22.2. The Hall–Kier alpha value is -3.86. The van der Waals surface area contributed by atoms with Crippen LogP contribution in [-0.4, -0.2) is 24.3 Å². The molecule has 6 rings (SSSR count). The van der Waals surface area contributed by atoms with Gasteiger partial charge in [-0.25, -0.2) is 0 Å². The summed E-state index contributed by atoms with van der Waals surface area (Å²) < 4.78 is 4.07. The van der Waals surface area contributed by atoms with E-state index in [0.717, 1.165) is 50.4 Å². The fourth-order valence-corrected chi connectivity index (χ4v) is 4.39. The fourth-order valence-electron chi connectivity index (χ4n) is 4.39. The first kappa shape index (κ1) is 22.0. The molecule has 0 saturated heterocycles. The van der Waals surface area contributed by atoms with Gasteiger partial charge < -0.3 is 9.13 Å². The van der Waals surface area contributed by atoms with Crippen molar-refractivity contribution in [3.05, 3.63) is 110 Å². The van der Waals surface area contributed by atoms with Gasteiger partial charge >= 0.3 is 0 Å². The average molecular weight is 619 g/mol. The van der Waals surface area contributed by atoms with Gasteiger partial charge in [0, 0.05) is 43.8 Å². The van der Waals surface area contributed by atoms with Gasteiger partial charge in [0.05, 0.1) is 17.8 Å². The third-order valence-corrected chi connectivity index (χ3v) is 5.89. The molecule has 0 atom stereocenters.